The molecule has 0 unspecified atom stereocenters. The Labute approximate surface area is 211 Å². The molecule has 1 N–H and O–H groups in total. The van der Waals surface area contributed by atoms with Gasteiger partial charge in [-0.2, -0.15) is 18.4 Å². The van der Waals surface area contributed by atoms with Crippen molar-refractivity contribution in [1.29, 1.82) is 5.26 Å². The summed E-state index contributed by atoms with van der Waals surface area (Å²) in [5.41, 5.74) is 1.48. The highest BCUT2D eigenvalue weighted by atomic mass is 19.4. The lowest BCUT2D eigenvalue weighted by atomic mass is 9.97. The summed E-state index contributed by atoms with van der Waals surface area (Å²) in [4.78, 5) is 17.6. The zero-order chi connectivity index (χ0) is 26.7. The number of aryl methyl sites for hydroxylation is 1. The maximum Gasteiger partial charge on any atom is 0.416 e. The molecule has 4 rings (SSSR count). The molecule has 2 aromatic carbocycles. The molecule has 0 amide bonds. The van der Waals surface area contributed by atoms with Gasteiger partial charge in [0.25, 0.3) is 0 Å². The molecule has 0 atom stereocenters. The number of anilines is 2. The van der Waals surface area contributed by atoms with Crippen LogP contribution < -0.4 is 10.2 Å². The van der Waals surface area contributed by atoms with Gasteiger partial charge in [0.15, 0.2) is 5.82 Å². The van der Waals surface area contributed by atoms with Crippen molar-refractivity contribution < 1.29 is 18.0 Å². The van der Waals surface area contributed by atoms with Crippen LogP contribution in [0.1, 0.15) is 27.0 Å². The Hall–Kier alpha value is -4.72. The van der Waals surface area contributed by atoms with Crippen molar-refractivity contribution in [2.45, 2.75) is 12.7 Å². The van der Waals surface area contributed by atoms with Crippen molar-refractivity contribution >= 4 is 17.9 Å². The first-order chi connectivity index (χ1) is 17.7. The van der Waals surface area contributed by atoms with Crippen molar-refractivity contribution in [2.75, 3.05) is 24.3 Å². The van der Waals surface area contributed by atoms with Gasteiger partial charge in [-0.1, -0.05) is 18.2 Å². The van der Waals surface area contributed by atoms with Gasteiger partial charge in [-0.3, -0.25) is 4.79 Å². The van der Waals surface area contributed by atoms with Gasteiger partial charge in [0, 0.05) is 38.8 Å². The van der Waals surface area contributed by atoms with E-state index in [-0.39, 0.29) is 17.7 Å². The number of nitriles is 1. The van der Waals surface area contributed by atoms with Crippen molar-refractivity contribution in [3.05, 3.63) is 77.1 Å². The summed E-state index contributed by atoms with van der Waals surface area (Å²) in [5, 5.41) is 20.5. The standard InChI is InChI=1S/C26H22F3N7O/c1-31-23-10-18(19-8-7-16(12-30)9-20(19)25-34-32-15-36(25)3)11-24(33-23)35(2)13-21-17(14-37)5-4-6-22(21)26(27,28)29/h4-11,14-15H,13H2,1-3H3,(H,31,33). The molecule has 2 aromatic heterocycles. The first-order valence-corrected chi connectivity index (χ1v) is 11.1. The highest BCUT2D eigenvalue weighted by Gasteiger charge is 2.34. The van der Waals surface area contributed by atoms with E-state index in [1.807, 2.05) is 0 Å². The molecule has 0 aliphatic heterocycles. The molecule has 8 nitrogen and oxygen atoms in total. The fourth-order valence-corrected chi connectivity index (χ4v) is 4.05. The Bertz CT molecular complexity index is 1510. The third-order valence-corrected chi connectivity index (χ3v) is 5.91. The number of hydrogen-bond acceptors (Lipinski definition) is 7. The molecule has 0 aliphatic carbocycles. The summed E-state index contributed by atoms with van der Waals surface area (Å²) in [6.07, 6.45) is -2.65. The maximum absolute atomic E-state index is 13.7. The number of aldehydes is 1. The number of pyridine rings is 1. The minimum atomic E-state index is -4.62. The molecule has 0 spiro atoms. The lowest BCUT2D eigenvalue weighted by Gasteiger charge is -2.23. The van der Waals surface area contributed by atoms with Gasteiger partial charge in [-0.15, -0.1) is 10.2 Å². The van der Waals surface area contributed by atoms with Gasteiger partial charge in [-0.25, -0.2) is 4.98 Å². The third-order valence-electron chi connectivity index (χ3n) is 5.91. The molecular formula is C26H22F3N7O. The van der Waals surface area contributed by atoms with Crippen LogP contribution in [0.3, 0.4) is 0 Å². The summed E-state index contributed by atoms with van der Waals surface area (Å²) in [5.74, 6) is 1.40. The number of nitrogens with zero attached hydrogens (tertiary/aromatic N) is 6. The Morgan fingerprint density at radius 1 is 1.16 bits per heavy atom. The number of halogens is 3. The fraction of sp³-hybridized carbons (Fsp3) is 0.192. The SMILES string of the molecule is CNc1cc(-c2ccc(C#N)cc2-c2nncn2C)cc(N(C)Cc2c(C=O)cccc2C(F)(F)F)n1. The van der Waals surface area contributed by atoms with Crippen molar-refractivity contribution in [1.82, 2.24) is 19.7 Å². The van der Waals surface area contributed by atoms with E-state index < -0.39 is 11.7 Å². The summed E-state index contributed by atoms with van der Waals surface area (Å²) < 4.78 is 42.8. The maximum atomic E-state index is 13.7. The van der Waals surface area contributed by atoms with Crippen molar-refractivity contribution in [3.8, 4) is 28.6 Å². The first-order valence-electron chi connectivity index (χ1n) is 11.1. The van der Waals surface area contributed by atoms with Gasteiger partial charge in [0.05, 0.1) is 17.2 Å². The topological polar surface area (TPSA) is 99.7 Å². The average molecular weight is 506 g/mol. The summed E-state index contributed by atoms with van der Waals surface area (Å²) in [7, 11) is 5.07. The molecule has 11 heteroatoms. The second-order valence-electron chi connectivity index (χ2n) is 8.33. The second kappa shape index (κ2) is 10.1. The van der Waals surface area contributed by atoms with Crippen LogP contribution in [0.5, 0.6) is 0 Å². The van der Waals surface area contributed by atoms with E-state index in [0.717, 1.165) is 11.6 Å². The van der Waals surface area contributed by atoms with Crippen LogP contribution in [0, 0.1) is 11.3 Å². The quantitative estimate of drug-likeness (QED) is 0.356. The number of nitrogens with one attached hydrogen (secondary N) is 1. The molecule has 188 valence electrons. The monoisotopic (exact) mass is 505 g/mol. The van der Waals surface area contributed by atoms with E-state index in [9.17, 15) is 23.2 Å². The smallest absolute Gasteiger partial charge is 0.373 e. The van der Waals surface area contributed by atoms with E-state index in [1.54, 1.807) is 67.3 Å². The van der Waals surface area contributed by atoms with Crippen LogP contribution in [0.25, 0.3) is 22.5 Å². The number of alkyl halides is 3. The Balaban J connectivity index is 1.83. The van der Waals surface area contributed by atoms with Gasteiger partial charge in [0.1, 0.15) is 24.2 Å². The van der Waals surface area contributed by atoms with E-state index in [2.05, 4.69) is 26.6 Å². The zero-order valence-corrected chi connectivity index (χ0v) is 20.2. The van der Waals surface area contributed by atoms with E-state index in [0.29, 0.717) is 40.4 Å². The zero-order valence-electron chi connectivity index (χ0n) is 20.2. The summed E-state index contributed by atoms with van der Waals surface area (Å²) in [6, 6.07) is 14.3. The van der Waals surface area contributed by atoms with E-state index in [4.69, 9.17) is 0 Å². The highest BCUT2D eigenvalue weighted by Crippen LogP contribution is 2.36. The molecule has 0 fully saturated rings. The second-order valence-corrected chi connectivity index (χ2v) is 8.33. The highest BCUT2D eigenvalue weighted by molar-refractivity contribution is 5.84. The summed E-state index contributed by atoms with van der Waals surface area (Å²) in [6.45, 7) is -0.202. The molecule has 2 heterocycles. The predicted molar refractivity (Wildman–Crippen MR) is 133 cm³/mol. The van der Waals surface area contributed by atoms with Gasteiger partial charge in [-0.05, 0) is 47.0 Å². The van der Waals surface area contributed by atoms with E-state index in [1.165, 1.54) is 12.1 Å². The van der Waals surface area contributed by atoms with Crippen LogP contribution in [0.15, 0.2) is 54.9 Å². The number of benzene rings is 2. The molecule has 4 aromatic rings. The van der Waals surface area contributed by atoms with Gasteiger partial charge >= 0.3 is 6.18 Å². The average Bonchev–Trinajstić information content (AvgIpc) is 3.32. The molecule has 0 saturated heterocycles. The lowest BCUT2D eigenvalue weighted by Crippen LogP contribution is -2.22. The fourth-order valence-electron chi connectivity index (χ4n) is 4.05. The number of carbonyl (C=O) groups excluding carboxylic acids is 1. The molecule has 0 radical (unpaired) electrons. The minimum Gasteiger partial charge on any atom is -0.373 e. The molecule has 0 saturated carbocycles. The minimum absolute atomic E-state index is 0.0386. The molecule has 0 bridgehead atoms. The number of hydrogen-bond donors (Lipinski definition) is 1. The molecule has 37 heavy (non-hydrogen) atoms. The van der Waals surface area contributed by atoms with Crippen LogP contribution in [0.2, 0.25) is 0 Å². The van der Waals surface area contributed by atoms with Crippen LogP contribution >= 0.6 is 0 Å². The Morgan fingerprint density at radius 2 is 1.95 bits per heavy atom. The predicted octanol–water partition coefficient (Wildman–Crippen LogP) is 4.93. The lowest BCUT2D eigenvalue weighted by molar-refractivity contribution is -0.138. The largest absolute Gasteiger partial charge is 0.416 e. The van der Waals surface area contributed by atoms with E-state index >= 15 is 0 Å². The number of aromatic nitrogens is 4. The normalized spacial score (nSPS) is 11.2. The van der Waals surface area contributed by atoms with Gasteiger partial charge < -0.3 is 14.8 Å². The number of rotatable bonds is 7. The number of carbonyl (C=O) groups is 1. The summed E-state index contributed by atoms with van der Waals surface area (Å²) >= 11 is 0. The third kappa shape index (κ3) is 5.13. The van der Waals surface area contributed by atoms with Gasteiger partial charge in [0.2, 0.25) is 0 Å². The molecule has 0 aliphatic rings. The van der Waals surface area contributed by atoms with Crippen molar-refractivity contribution in [3.63, 3.8) is 0 Å². The van der Waals surface area contributed by atoms with Crippen LogP contribution in [-0.2, 0) is 19.8 Å². The Morgan fingerprint density at radius 3 is 2.57 bits per heavy atom. The first kappa shape index (κ1) is 25.4. The van der Waals surface area contributed by atoms with Crippen LogP contribution in [-0.4, -0.2) is 40.1 Å². The molecular weight excluding hydrogens is 483 g/mol. The Kier molecular flexibility index (Phi) is 6.93. The van der Waals surface area contributed by atoms with Crippen LogP contribution in [0.4, 0.5) is 24.8 Å². The van der Waals surface area contributed by atoms with Crippen molar-refractivity contribution in [2.24, 2.45) is 7.05 Å².